The molecule has 2 aromatic heterocycles. The highest BCUT2D eigenvalue weighted by atomic mass is 16.1. The van der Waals surface area contributed by atoms with Crippen molar-refractivity contribution < 1.29 is 4.79 Å². The van der Waals surface area contributed by atoms with Crippen LogP contribution in [0.1, 0.15) is 56.7 Å². The lowest BCUT2D eigenvalue weighted by Crippen LogP contribution is -2.43. The number of piperidine rings is 1. The molecule has 26 heavy (non-hydrogen) atoms. The van der Waals surface area contributed by atoms with Gasteiger partial charge in [0, 0.05) is 37.6 Å². The summed E-state index contributed by atoms with van der Waals surface area (Å²) in [6.07, 6.45) is 12.6. The zero-order chi connectivity index (χ0) is 17.9. The van der Waals surface area contributed by atoms with Gasteiger partial charge in [-0.3, -0.25) is 4.79 Å². The number of nitrogens with one attached hydrogen (secondary N) is 1. The smallest absolute Gasteiger partial charge is 0.224 e. The minimum Gasteiger partial charge on any atom is -0.356 e. The van der Waals surface area contributed by atoms with E-state index in [4.69, 9.17) is 10.1 Å². The third-order valence-electron chi connectivity index (χ3n) is 5.72. The number of aromatic nitrogens is 3. The van der Waals surface area contributed by atoms with Crippen LogP contribution in [0.2, 0.25) is 0 Å². The van der Waals surface area contributed by atoms with Crippen LogP contribution in [0.15, 0.2) is 12.4 Å². The molecule has 4 rings (SSSR count). The Morgan fingerprint density at radius 1 is 1.31 bits per heavy atom. The number of amides is 1. The Bertz CT molecular complexity index is 784. The molecule has 1 aliphatic carbocycles. The molecule has 140 valence electrons. The van der Waals surface area contributed by atoms with Gasteiger partial charge in [0.1, 0.15) is 5.52 Å². The van der Waals surface area contributed by atoms with Gasteiger partial charge in [0.15, 0.2) is 5.82 Å². The molecule has 3 heterocycles. The highest BCUT2D eigenvalue weighted by Crippen LogP contribution is 2.32. The first-order chi connectivity index (χ1) is 12.8. The van der Waals surface area contributed by atoms with E-state index in [2.05, 4.69) is 17.1 Å². The SMILES string of the molecule is CCCCNC(=O)[C@@H]1CCCN(c2nccn3nc4c(c23)CCCC4)C1. The molecule has 0 radical (unpaired) electrons. The lowest BCUT2D eigenvalue weighted by atomic mass is 9.95. The standard InChI is InChI=1S/C20H29N5O/c1-2-3-10-22-20(26)15-7-6-12-24(14-15)19-18-16-8-4-5-9-17(16)23-25(18)13-11-21-19/h11,13,15H,2-10,12,14H2,1H3,(H,22,26)/t15-/m1/s1. The fraction of sp³-hybridized carbons (Fsp3) is 0.650. The highest BCUT2D eigenvalue weighted by Gasteiger charge is 2.29. The number of hydrogen-bond donors (Lipinski definition) is 1. The summed E-state index contributed by atoms with van der Waals surface area (Å²) in [7, 11) is 0. The largest absolute Gasteiger partial charge is 0.356 e. The van der Waals surface area contributed by atoms with Gasteiger partial charge in [-0.15, -0.1) is 0 Å². The van der Waals surface area contributed by atoms with Gasteiger partial charge in [-0.2, -0.15) is 5.10 Å². The van der Waals surface area contributed by atoms with E-state index in [1.807, 2.05) is 16.9 Å². The second kappa shape index (κ2) is 7.64. The van der Waals surface area contributed by atoms with Crippen LogP contribution in [-0.2, 0) is 17.6 Å². The molecular formula is C20H29N5O. The normalized spacial score (nSPS) is 20.2. The molecule has 6 heteroatoms. The van der Waals surface area contributed by atoms with Gasteiger partial charge in [0.05, 0.1) is 11.6 Å². The first-order valence-electron chi connectivity index (χ1n) is 10.2. The maximum absolute atomic E-state index is 12.5. The Hall–Kier alpha value is -2.11. The maximum Gasteiger partial charge on any atom is 0.224 e. The van der Waals surface area contributed by atoms with Crippen molar-refractivity contribution in [3.63, 3.8) is 0 Å². The molecule has 0 bridgehead atoms. The van der Waals surface area contributed by atoms with Crippen LogP contribution < -0.4 is 10.2 Å². The van der Waals surface area contributed by atoms with Crippen LogP contribution in [-0.4, -0.2) is 40.1 Å². The van der Waals surface area contributed by atoms with Gasteiger partial charge in [-0.1, -0.05) is 13.3 Å². The molecule has 1 atom stereocenters. The topological polar surface area (TPSA) is 62.5 Å². The molecule has 1 saturated heterocycles. The molecule has 1 fully saturated rings. The summed E-state index contributed by atoms with van der Waals surface area (Å²) >= 11 is 0. The predicted octanol–water partition coefficient (Wildman–Crippen LogP) is 2.74. The van der Waals surface area contributed by atoms with Gasteiger partial charge in [0.25, 0.3) is 0 Å². The molecule has 2 aliphatic rings. The Morgan fingerprint density at radius 2 is 2.19 bits per heavy atom. The molecule has 0 unspecified atom stereocenters. The number of hydrogen-bond acceptors (Lipinski definition) is 4. The van der Waals surface area contributed by atoms with E-state index in [1.54, 1.807) is 0 Å². The number of nitrogens with zero attached hydrogens (tertiary/aromatic N) is 4. The van der Waals surface area contributed by atoms with Crippen molar-refractivity contribution in [3.8, 4) is 0 Å². The van der Waals surface area contributed by atoms with E-state index in [0.717, 1.165) is 69.5 Å². The van der Waals surface area contributed by atoms with Crippen molar-refractivity contribution >= 4 is 17.2 Å². The van der Waals surface area contributed by atoms with Gasteiger partial charge in [-0.25, -0.2) is 9.50 Å². The minimum absolute atomic E-state index is 0.0569. The Morgan fingerprint density at radius 3 is 3.08 bits per heavy atom. The fourth-order valence-corrected chi connectivity index (χ4v) is 4.29. The van der Waals surface area contributed by atoms with E-state index in [0.29, 0.717) is 0 Å². The van der Waals surface area contributed by atoms with Gasteiger partial charge in [0.2, 0.25) is 5.91 Å². The Labute approximate surface area is 155 Å². The zero-order valence-electron chi connectivity index (χ0n) is 15.7. The predicted molar refractivity (Wildman–Crippen MR) is 102 cm³/mol. The number of fused-ring (bicyclic) bond motifs is 3. The van der Waals surface area contributed by atoms with E-state index in [9.17, 15) is 4.79 Å². The number of aryl methyl sites for hydroxylation is 2. The lowest BCUT2D eigenvalue weighted by Gasteiger charge is -2.33. The van der Waals surface area contributed by atoms with Crippen LogP contribution in [0.3, 0.4) is 0 Å². The second-order valence-electron chi connectivity index (χ2n) is 7.61. The Kier molecular flexibility index (Phi) is 5.09. The molecule has 0 saturated carbocycles. The van der Waals surface area contributed by atoms with Crippen molar-refractivity contribution in [1.82, 2.24) is 19.9 Å². The second-order valence-corrected chi connectivity index (χ2v) is 7.61. The van der Waals surface area contributed by atoms with E-state index >= 15 is 0 Å². The zero-order valence-corrected chi connectivity index (χ0v) is 15.7. The molecule has 2 aromatic rings. The van der Waals surface area contributed by atoms with Crippen molar-refractivity contribution in [1.29, 1.82) is 0 Å². The summed E-state index contributed by atoms with van der Waals surface area (Å²) in [5, 5.41) is 7.89. The van der Waals surface area contributed by atoms with Crippen molar-refractivity contribution in [2.45, 2.75) is 58.3 Å². The quantitative estimate of drug-likeness (QED) is 0.838. The fourth-order valence-electron chi connectivity index (χ4n) is 4.29. The number of rotatable bonds is 5. The van der Waals surface area contributed by atoms with Crippen LogP contribution in [0.4, 0.5) is 5.82 Å². The molecule has 6 nitrogen and oxygen atoms in total. The monoisotopic (exact) mass is 355 g/mol. The molecule has 1 aliphatic heterocycles. The summed E-state index contributed by atoms with van der Waals surface area (Å²) in [5.74, 6) is 1.27. The Balaban J connectivity index is 1.57. The van der Waals surface area contributed by atoms with Crippen LogP contribution in [0.25, 0.3) is 5.52 Å². The molecular weight excluding hydrogens is 326 g/mol. The number of carbonyl (C=O) groups excluding carboxylic acids is 1. The third kappa shape index (κ3) is 3.29. The summed E-state index contributed by atoms with van der Waals surface area (Å²) in [6, 6.07) is 0. The lowest BCUT2D eigenvalue weighted by molar-refractivity contribution is -0.125. The number of carbonyl (C=O) groups is 1. The van der Waals surface area contributed by atoms with Crippen LogP contribution >= 0.6 is 0 Å². The van der Waals surface area contributed by atoms with Crippen LogP contribution in [0.5, 0.6) is 0 Å². The van der Waals surface area contributed by atoms with Crippen molar-refractivity contribution in [2.24, 2.45) is 5.92 Å². The average Bonchev–Trinajstić information content (AvgIpc) is 3.07. The molecule has 1 N–H and O–H groups in total. The van der Waals surface area contributed by atoms with E-state index in [-0.39, 0.29) is 11.8 Å². The van der Waals surface area contributed by atoms with Crippen molar-refractivity contribution in [2.75, 3.05) is 24.5 Å². The highest BCUT2D eigenvalue weighted by molar-refractivity contribution is 5.80. The molecule has 1 amide bonds. The molecule has 0 spiro atoms. The summed E-state index contributed by atoms with van der Waals surface area (Å²) < 4.78 is 2.00. The van der Waals surface area contributed by atoms with E-state index in [1.165, 1.54) is 24.1 Å². The van der Waals surface area contributed by atoms with E-state index < -0.39 is 0 Å². The third-order valence-corrected chi connectivity index (χ3v) is 5.72. The van der Waals surface area contributed by atoms with Gasteiger partial charge >= 0.3 is 0 Å². The van der Waals surface area contributed by atoms with Gasteiger partial charge in [-0.05, 0) is 44.9 Å². The minimum atomic E-state index is 0.0569. The maximum atomic E-state index is 12.5. The summed E-state index contributed by atoms with van der Waals surface area (Å²) in [6.45, 7) is 4.65. The number of anilines is 1. The van der Waals surface area contributed by atoms with Gasteiger partial charge < -0.3 is 10.2 Å². The molecule has 0 aromatic carbocycles. The number of unbranched alkanes of at least 4 members (excludes halogenated alkanes) is 1. The summed E-state index contributed by atoms with van der Waals surface area (Å²) in [5.41, 5.74) is 3.76. The van der Waals surface area contributed by atoms with Crippen molar-refractivity contribution in [3.05, 3.63) is 23.7 Å². The first-order valence-corrected chi connectivity index (χ1v) is 10.2. The average molecular weight is 355 g/mol. The summed E-state index contributed by atoms with van der Waals surface area (Å²) in [4.78, 5) is 19.5. The van der Waals surface area contributed by atoms with Crippen LogP contribution in [0, 0.1) is 5.92 Å². The first kappa shape index (κ1) is 17.3.